The molecule has 1 heterocycles. The molecule has 0 spiro atoms. The molecule has 1 N–H and O–H groups in total. The van der Waals surface area contributed by atoms with E-state index >= 15 is 0 Å². The van der Waals surface area contributed by atoms with Crippen LogP contribution in [0.5, 0.6) is 0 Å². The third-order valence-electron chi connectivity index (χ3n) is 2.94. The van der Waals surface area contributed by atoms with Crippen molar-refractivity contribution in [3.8, 4) is 0 Å². The number of halogens is 1. The Balaban J connectivity index is 2.90. The van der Waals surface area contributed by atoms with E-state index < -0.39 is 0 Å². The number of hydrogen-bond donors (Lipinski definition) is 1. The summed E-state index contributed by atoms with van der Waals surface area (Å²) in [6, 6.07) is 2.43. The number of aromatic nitrogens is 1. The molecule has 0 aliphatic carbocycles. The number of pyridine rings is 1. The summed E-state index contributed by atoms with van der Waals surface area (Å²) in [6.45, 7) is 9.57. The largest absolute Gasteiger partial charge is 0.383 e. The van der Waals surface area contributed by atoms with Gasteiger partial charge in [0.15, 0.2) is 0 Å². The van der Waals surface area contributed by atoms with Crippen LogP contribution in [0.1, 0.15) is 26.3 Å². The molecule has 0 atom stereocenters. The van der Waals surface area contributed by atoms with Gasteiger partial charge in [0, 0.05) is 32.4 Å². The summed E-state index contributed by atoms with van der Waals surface area (Å²) in [5.74, 6) is 0.948. The van der Waals surface area contributed by atoms with Gasteiger partial charge in [-0.1, -0.05) is 18.5 Å². The van der Waals surface area contributed by atoms with E-state index in [4.69, 9.17) is 16.3 Å². The van der Waals surface area contributed by atoms with Crippen molar-refractivity contribution in [3.63, 3.8) is 0 Å². The number of anilines is 1. The predicted molar refractivity (Wildman–Crippen MR) is 81.0 cm³/mol. The zero-order chi connectivity index (χ0) is 14.3. The van der Waals surface area contributed by atoms with Crippen LogP contribution in [0.25, 0.3) is 0 Å². The highest BCUT2D eigenvalue weighted by Gasteiger charge is 2.13. The number of rotatable bonds is 8. The van der Waals surface area contributed by atoms with Crippen LogP contribution in [0, 0.1) is 0 Å². The van der Waals surface area contributed by atoms with Gasteiger partial charge in [-0.05, 0) is 32.0 Å². The molecular weight excluding hydrogens is 262 g/mol. The fourth-order valence-electron chi connectivity index (χ4n) is 1.85. The summed E-state index contributed by atoms with van der Waals surface area (Å²) < 4.78 is 5.15. The summed E-state index contributed by atoms with van der Waals surface area (Å²) in [6.07, 6.45) is 1.73. The van der Waals surface area contributed by atoms with Crippen molar-refractivity contribution >= 4 is 17.4 Å². The normalized spacial score (nSPS) is 11.1. The van der Waals surface area contributed by atoms with E-state index in [0.717, 1.165) is 31.0 Å². The van der Waals surface area contributed by atoms with E-state index in [9.17, 15) is 0 Å². The summed E-state index contributed by atoms with van der Waals surface area (Å²) in [7, 11) is 1.71. The van der Waals surface area contributed by atoms with Crippen LogP contribution in [0.15, 0.2) is 12.3 Å². The Hall–Kier alpha value is -0.840. The quantitative estimate of drug-likeness (QED) is 0.797. The molecule has 0 aromatic carbocycles. The van der Waals surface area contributed by atoms with Crippen molar-refractivity contribution in [2.24, 2.45) is 0 Å². The number of nitrogens with one attached hydrogen (secondary N) is 1. The molecule has 0 amide bonds. The van der Waals surface area contributed by atoms with Crippen molar-refractivity contribution in [1.82, 2.24) is 10.3 Å². The molecule has 0 unspecified atom stereocenters. The number of ether oxygens (including phenoxy) is 1. The molecule has 5 heteroatoms. The first kappa shape index (κ1) is 16.2. The van der Waals surface area contributed by atoms with Gasteiger partial charge in [-0.2, -0.15) is 0 Å². The van der Waals surface area contributed by atoms with Crippen molar-refractivity contribution in [2.75, 3.05) is 31.7 Å². The van der Waals surface area contributed by atoms with Gasteiger partial charge >= 0.3 is 0 Å². The Kier molecular flexibility index (Phi) is 7.13. The molecule has 0 bridgehead atoms. The van der Waals surface area contributed by atoms with Crippen LogP contribution in [0.2, 0.25) is 5.02 Å². The molecule has 0 aliphatic rings. The van der Waals surface area contributed by atoms with Crippen LogP contribution in [0.3, 0.4) is 0 Å². The second-order valence-electron chi connectivity index (χ2n) is 4.69. The SMILES string of the molecule is CCNCc1cc(N(CCOC)C(C)C)ncc1Cl. The van der Waals surface area contributed by atoms with Crippen LogP contribution >= 0.6 is 11.6 Å². The highest BCUT2D eigenvalue weighted by molar-refractivity contribution is 6.31. The standard InChI is InChI=1S/C14H24ClN3O/c1-5-16-9-12-8-14(17-10-13(12)15)18(11(2)3)6-7-19-4/h8,10-11,16H,5-7,9H2,1-4H3. The summed E-state index contributed by atoms with van der Waals surface area (Å²) in [5.41, 5.74) is 1.08. The van der Waals surface area contributed by atoms with Gasteiger partial charge in [-0.3, -0.25) is 0 Å². The van der Waals surface area contributed by atoms with Gasteiger partial charge in [-0.25, -0.2) is 4.98 Å². The molecule has 19 heavy (non-hydrogen) atoms. The second kappa shape index (κ2) is 8.35. The summed E-state index contributed by atoms with van der Waals surface area (Å²) in [4.78, 5) is 6.65. The van der Waals surface area contributed by atoms with Crippen LogP contribution in [0.4, 0.5) is 5.82 Å². The Labute approximate surface area is 121 Å². The lowest BCUT2D eigenvalue weighted by atomic mass is 10.2. The van der Waals surface area contributed by atoms with E-state index in [2.05, 4.69) is 42.0 Å². The van der Waals surface area contributed by atoms with E-state index in [1.165, 1.54) is 0 Å². The van der Waals surface area contributed by atoms with Crippen LogP contribution in [-0.2, 0) is 11.3 Å². The molecule has 1 aromatic heterocycles. The molecule has 0 aliphatic heterocycles. The Morgan fingerprint density at radius 2 is 2.21 bits per heavy atom. The fraction of sp³-hybridized carbons (Fsp3) is 0.643. The van der Waals surface area contributed by atoms with E-state index in [1.54, 1.807) is 13.3 Å². The first-order valence-electron chi connectivity index (χ1n) is 6.70. The topological polar surface area (TPSA) is 37.4 Å². The highest BCUT2D eigenvalue weighted by Crippen LogP contribution is 2.21. The Bertz CT molecular complexity index is 385. The van der Waals surface area contributed by atoms with Gasteiger partial charge in [-0.15, -0.1) is 0 Å². The summed E-state index contributed by atoms with van der Waals surface area (Å²) >= 11 is 6.17. The van der Waals surface area contributed by atoms with Gasteiger partial charge in [0.1, 0.15) is 5.82 Å². The molecular formula is C14H24ClN3O. The lowest BCUT2D eigenvalue weighted by Crippen LogP contribution is -2.34. The Morgan fingerprint density at radius 1 is 1.47 bits per heavy atom. The fourth-order valence-corrected chi connectivity index (χ4v) is 2.02. The minimum Gasteiger partial charge on any atom is -0.383 e. The molecule has 0 saturated heterocycles. The van der Waals surface area contributed by atoms with Crippen molar-refractivity contribution in [1.29, 1.82) is 0 Å². The third kappa shape index (κ3) is 4.97. The van der Waals surface area contributed by atoms with E-state index in [0.29, 0.717) is 17.7 Å². The van der Waals surface area contributed by atoms with Crippen LogP contribution in [-0.4, -0.2) is 37.8 Å². The number of methoxy groups -OCH3 is 1. The second-order valence-corrected chi connectivity index (χ2v) is 5.10. The number of nitrogens with zero attached hydrogens (tertiary/aromatic N) is 2. The molecule has 108 valence electrons. The van der Waals surface area contributed by atoms with Gasteiger partial charge in [0.2, 0.25) is 0 Å². The predicted octanol–water partition coefficient (Wildman–Crippen LogP) is 2.71. The third-order valence-corrected chi connectivity index (χ3v) is 3.28. The van der Waals surface area contributed by atoms with Crippen LogP contribution < -0.4 is 10.2 Å². The lowest BCUT2D eigenvalue weighted by molar-refractivity contribution is 0.203. The van der Waals surface area contributed by atoms with Crippen molar-refractivity contribution < 1.29 is 4.74 Å². The molecule has 0 fully saturated rings. The smallest absolute Gasteiger partial charge is 0.129 e. The monoisotopic (exact) mass is 285 g/mol. The average molecular weight is 286 g/mol. The zero-order valence-electron chi connectivity index (χ0n) is 12.2. The van der Waals surface area contributed by atoms with Crippen molar-refractivity contribution in [3.05, 3.63) is 22.8 Å². The molecule has 1 aromatic rings. The molecule has 4 nitrogen and oxygen atoms in total. The first-order valence-corrected chi connectivity index (χ1v) is 7.08. The molecule has 1 rings (SSSR count). The highest BCUT2D eigenvalue weighted by atomic mass is 35.5. The Morgan fingerprint density at radius 3 is 2.79 bits per heavy atom. The zero-order valence-corrected chi connectivity index (χ0v) is 13.0. The maximum atomic E-state index is 6.17. The van der Waals surface area contributed by atoms with E-state index in [1.807, 2.05) is 0 Å². The molecule has 0 saturated carbocycles. The van der Waals surface area contributed by atoms with Gasteiger partial charge in [0.25, 0.3) is 0 Å². The van der Waals surface area contributed by atoms with E-state index in [-0.39, 0.29) is 0 Å². The lowest BCUT2D eigenvalue weighted by Gasteiger charge is -2.28. The van der Waals surface area contributed by atoms with Gasteiger partial charge < -0.3 is 15.0 Å². The first-order chi connectivity index (χ1) is 9.10. The number of hydrogen-bond acceptors (Lipinski definition) is 4. The minimum atomic E-state index is 0.371. The van der Waals surface area contributed by atoms with Crippen molar-refractivity contribution in [2.45, 2.75) is 33.4 Å². The minimum absolute atomic E-state index is 0.371. The molecule has 0 radical (unpaired) electrons. The maximum absolute atomic E-state index is 6.17. The summed E-state index contributed by atoms with van der Waals surface area (Å²) in [5, 5.41) is 4.00. The maximum Gasteiger partial charge on any atom is 0.129 e. The van der Waals surface area contributed by atoms with Gasteiger partial charge in [0.05, 0.1) is 11.6 Å². The average Bonchev–Trinajstić information content (AvgIpc) is 2.39.